The van der Waals surface area contributed by atoms with Gasteiger partial charge in [-0.05, 0) is 45.0 Å². The van der Waals surface area contributed by atoms with Gasteiger partial charge in [0.1, 0.15) is 0 Å². The number of carbonyl (C=O) groups excluding carboxylic acids is 1. The average Bonchev–Trinajstić information content (AvgIpc) is 2.75. The predicted molar refractivity (Wildman–Crippen MR) is 98.2 cm³/mol. The third kappa shape index (κ3) is 4.67. The Labute approximate surface area is 143 Å². The smallest absolute Gasteiger partial charge is 0.228 e. The van der Waals surface area contributed by atoms with Gasteiger partial charge in [-0.3, -0.25) is 9.48 Å². The van der Waals surface area contributed by atoms with Gasteiger partial charge in [0.15, 0.2) is 0 Å². The van der Waals surface area contributed by atoms with E-state index in [9.17, 15) is 9.00 Å². The molecule has 1 amide bonds. The highest BCUT2D eigenvalue weighted by molar-refractivity contribution is 7.92. The van der Waals surface area contributed by atoms with E-state index in [1.165, 1.54) is 0 Å². The molecule has 1 N–H and O–H groups in total. The number of aromatic nitrogens is 2. The highest BCUT2D eigenvalue weighted by Crippen LogP contribution is 2.19. The summed E-state index contributed by atoms with van der Waals surface area (Å²) in [7, 11) is -2.19. The topological polar surface area (TPSA) is 76.3 Å². The quantitative estimate of drug-likeness (QED) is 0.902. The Morgan fingerprint density at radius 2 is 1.88 bits per heavy atom. The van der Waals surface area contributed by atoms with Crippen molar-refractivity contribution in [3.8, 4) is 0 Å². The van der Waals surface area contributed by atoms with Crippen molar-refractivity contribution in [1.82, 2.24) is 9.78 Å². The molecule has 0 saturated carbocycles. The molecule has 0 unspecified atom stereocenters. The van der Waals surface area contributed by atoms with Gasteiger partial charge >= 0.3 is 0 Å². The molecule has 1 heterocycles. The Kier molecular flexibility index (Phi) is 5.43. The highest BCUT2D eigenvalue weighted by atomic mass is 32.2. The molecule has 2 rings (SSSR count). The Bertz CT molecular complexity index is 851. The molecule has 2 aromatic rings. The van der Waals surface area contributed by atoms with E-state index in [4.69, 9.17) is 0 Å². The normalized spacial score (nSPS) is 11.4. The van der Waals surface area contributed by atoms with Crippen molar-refractivity contribution in [2.24, 2.45) is 4.36 Å². The number of hydrogen-bond donors (Lipinski definition) is 1. The number of hydrogen-bond acceptors (Lipinski definition) is 4. The number of aryl methyl sites for hydroxylation is 2. The molecule has 0 radical (unpaired) electrons. The van der Waals surface area contributed by atoms with E-state index in [1.807, 2.05) is 25.5 Å². The third-order valence-corrected chi connectivity index (χ3v) is 4.30. The van der Waals surface area contributed by atoms with Crippen molar-refractivity contribution < 1.29 is 9.00 Å². The van der Waals surface area contributed by atoms with E-state index in [0.717, 1.165) is 23.5 Å². The first kappa shape index (κ1) is 18.2. The minimum atomic E-state index is -2.19. The maximum Gasteiger partial charge on any atom is 0.228 e. The monoisotopic (exact) mass is 348 g/mol. The summed E-state index contributed by atoms with van der Waals surface area (Å²) < 4.78 is 17.7. The van der Waals surface area contributed by atoms with Crippen LogP contribution in [0.3, 0.4) is 0 Å². The van der Waals surface area contributed by atoms with E-state index in [1.54, 1.807) is 36.8 Å². The second-order valence-corrected chi connectivity index (χ2v) is 8.55. The first-order chi connectivity index (χ1) is 11.2. The summed E-state index contributed by atoms with van der Waals surface area (Å²) >= 11 is 0. The van der Waals surface area contributed by atoms with Crippen molar-refractivity contribution in [3.63, 3.8) is 0 Å². The molecular formula is C17H24N4O2S. The van der Waals surface area contributed by atoms with Crippen LogP contribution < -0.4 is 5.32 Å². The van der Waals surface area contributed by atoms with Gasteiger partial charge in [0, 0.05) is 45.7 Å². The predicted octanol–water partition coefficient (Wildman–Crippen LogP) is 3.06. The zero-order valence-corrected chi connectivity index (χ0v) is 15.6. The Balaban J connectivity index is 2.08. The Hall–Kier alpha value is -2.15. The van der Waals surface area contributed by atoms with Crippen LogP contribution >= 0.6 is 0 Å². The van der Waals surface area contributed by atoms with E-state index < -0.39 is 9.73 Å². The lowest BCUT2D eigenvalue weighted by Crippen LogP contribution is -2.15. The molecule has 24 heavy (non-hydrogen) atoms. The number of nitrogens with one attached hydrogen (secondary N) is 1. The number of amides is 1. The molecule has 130 valence electrons. The summed E-state index contributed by atoms with van der Waals surface area (Å²) in [6.45, 7) is 6.72. The second-order valence-electron chi connectivity index (χ2n) is 6.01. The van der Waals surface area contributed by atoms with Crippen molar-refractivity contribution in [2.75, 3.05) is 17.8 Å². The largest absolute Gasteiger partial charge is 0.326 e. The second kappa shape index (κ2) is 7.17. The summed E-state index contributed by atoms with van der Waals surface area (Å²) in [5.41, 5.74) is 4.21. The minimum absolute atomic E-state index is 0.0867. The molecule has 0 aliphatic rings. The summed E-state index contributed by atoms with van der Waals surface area (Å²) in [5, 5.41) is 7.30. The lowest BCUT2D eigenvalue weighted by Gasteiger charge is -2.06. The summed E-state index contributed by atoms with van der Waals surface area (Å²) in [6, 6.07) is 7.01. The minimum Gasteiger partial charge on any atom is -0.326 e. The third-order valence-electron chi connectivity index (χ3n) is 3.64. The molecular weight excluding hydrogens is 324 g/mol. The zero-order chi connectivity index (χ0) is 17.9. The van der Waals surface area contributed by atoms with Gasteiger partial charge in [-0.2, -0.15) is 9.46 Å². The van der Waals surface area contributed by atoms with Crippen molar-refractivity contribution in [1.29, 1.82) is 0 Å². The van der Waals surface area contributed by atoms with Gasteiger partial charge < -0.3 is 5.32 Å². The van der Waals surface area contributed by atoms with Gasteiger partial charge in [-0.1, -0.05) is 0 Å². The van der Waals surface area contributed by atoms with Crippen LogP contribution in [0.15, 0.2) is 28.6 Å². The van der Waals surface area contributed by atoms with Crippen LogP contribution in [0.25, 0.3) is 0 Å². The molecule has 0 bridgehead atoms. The summed E-state index contributed by atoms with van der Waals surface area (Å²) in [6.07, 6.45) is 3.47. The lowest BCUT2D eigenvalue weighted by molar-refractivity contribution is -0.115. The van der Waals surface area contributed by atoms with Crippen LogP contribution in [-0.2, 0) is 27.5 Å². The first-order valence-electron chi connectivity index (χ1n) is 7.79. The molecule has 0 fully saturated rings. The van der Waals surface area contributed by atoms with Crippen LogP contribution in [0, 0.1) is 13.8 Å². The van der Waals surface area contributed by atoms with Crippen LogP contribution in [0.4, 0.5) is 11.4 Å². The molecule has 1 aromatic heterocycles. The van der Waals surface area contributed by atoms with Gasteiger partial charge in [0.25, 0.3) is 0 Å². The highest BCUT2D eigenvalue weighted by Gasteiger charge is 2.14. The van der Waals surface area contributed by atoms with Crippen molar-refractivity contribution in [3.05, 3.63) is 41.2 Å². The molecule has 0 atom stereocenters. The number of carbonyl (C=O) groups is 1. The standard InChI is InChI=1S/C17H24N4O2S/c1-6-21-13(3)16(12(2)19-21)11-17(22)18-14-7-9-15(10-8-14)20-24(4,5)23/h7-10H,6,11H2,1-5H3,(H,18,22). The number of benzene rings is 1. The van der Waals surface area contributed by atoms with Gasteiger partial charge in [-0.25, -0.2) is 4.21 Å². The summed E-state index contributed by atoms with van der Waals surface area (Å²) in [4.78, 5) is 12.3. The Morgan fingerprint density at radius 1 is 1.25 bits per heavy atom. The number of nitrogens with zero attached hydrogens (tertiary/aromatic N) is 3. The maximum atomic E-state index is 12.3. The fourth-order valence-electron chi connectivity index (χ4n) is 2.52. The molecule has 7 heteroatoms. The molecule has 0 aliphatic carbocycles. The van der Waals surface area contributed by atoms with Crippen LogP contribution in [0.5, 0.6) is 0 Å². The molecule has 0 spiro atoms. The van der Waals surface area contributed by atoms with Crippen molar-refractivity contribution in [2.45, 2.75) is 33.7 Å². The molecule has 0 aliphatic heterocycles. The van der Waals surface area contributed by atoms with Crippen LogP contribution in [0.2, 0.25) is 0 Å². The van der Waals surface area contributed by atoms with Crippen LogP contribution in [-0.4, -0.2) is 32.4 Å². The van der Waals surface area contributed by atoms with Gasteiger partial charge in [0.2, 0.25) is 5.91 Å². The molecule has 1 aromatic carbocycles. The lowest BCUT2D eigenvalue weighted by atomic mass is 10.1. The maximum absolute atomic E-state index is 12.3. The fraction of sp³-hybridized carbons (Fsp3) is 0.412. The summed E-state index contributed by atoms with van der Waals surface area (Å²) in [5.74, 6) is -0.0867. The SMILES string of the molecule is CCn1nc(C)c(CC(=O)Nc2ccc(N=S(C)(C)=O)cc2)c1C. The zero-order valence-electron chi connectivity index (χ0n) is 14.8. The first-order valence-corrected chi connectivity index (χ1v) is 10.1. The molecule has 0 saturated heterocycles. The van der Waals surface area contributed by atoms with Crippen molar-refractivity contribution >= 4 is 27.0 Å². The van der Waals surface area contributed by atoms with Crippen LogP contribution in [0.1, 0.15) is 23.9 Å². The number of rotatable bonds is 5. The molecule has 6 nitrogen and oxygen atoms in total. The van der Waals surface area contributed by atoms with E-state index in [0.29, 0.717) is 17.8 Å². The van der Waals surface area contributed by atoms with E-state index in [2.05, 4.69) is 14.8 Å². The number of anilines is 1. The fourth-order valence-corrected chi connectivity index (χ4v) is 3.15. The van der Waals surface area contributed by atoms with Gasteiger partial charge in [0.05, 0.1) is 17.8 Å². The van der Waals surface area contributed by atoms with Gasteiger partial charge in [-0.15, -0.1) is 0 Å². The van der Waals surface area contributed by atoms with E-state index >= 15 is 0 Å². The average molecular weight is 348 g/mol. The Morgan fingerprint density at radius 3 is 2.38 bits per heavy atom. The van der Waals surface area contributed by atoms with E-state index in [-0.39, 0.29) is 5.91 Å².